The highest BCUT2D eigenvalue weighted by atomic mass is 16.2. The van der Waals surface area contributed by atoms with Gasteiger partial charge in [0.1, 0.15) is 5.69 Å². The van der Waals surface area contributed by atoms with E-state index in [1.807, 2.05) is 0 Å². The molecule has 1 amide bonds. The van der Waals surface area contributed by atoms with Crippen LogP contribution in [0.3, 0.4) is 0 Å². The summed E-state index contributed by atoms with van der Waals surface area (Å²) in [5.74, 6) is -0.167. The Hall–Kier alpha value is -1.66. The molecule has 0 aromatic carbocycles. The first-order valence-corrected chi connectivity index (χ1v) is 5.63. The lowest BCUT2D eigenvalue weighted by Crippen LogP contribution is -2.56. The van der Waals surface area contributed by atoms with Crippen molar-refractivity contribution >= 4 is 5.91 Å². The second-order valence-electron chi connectivity index (χ2n) is 4.02. The van der Waals surface area contributed by atoms with Crippen molar-refractivity contribution in [2.75, 3.05) is 26.2 Å². The topological polar surface area (TPSA) is 91.2 Å². The van der Waals surface area contributed by atoms with Crippen molar-refractivity contribution in [1.29, 1.82) is 0 Å². The fourth-order valence-corrected chi connectivity index (χ4v) is 1.97. The first-order valence-electron chi connectivity index (χ1n) is 5.63. The molecule has 2 rings (SSSR count). The van der Waals surface area contributed by atoms with Gasteiger partial charge in [-0.25, -0.2) is 0 Å². The summed E-state index contributed by atoms with van der Waals surface area (Å²) in [5, 5.41) is 3.19. The van der Waals surface area contributed by atoms with Crippen LogP contribution in [0, 0.1) is 0 Å². The van der Waals surface area contributed by atoms with Gasteiger partial charge in [0.2, 0.25) is 5.56 Å². The molecule has 0 saturated carbocycles. The molecule has 1 aromatic rings. The fraction of sp³-hybridized carbons (Fsp3) is 0.455. The Balaban J connectivity index is 2.21. The van der Waals surface area contributed by atoms with Crippen LogP contribution in [0.4, 0.5) is 0 Å². The molecule has 2 heterocycles. The molecule has 1 aromatic heterocycles. The summed E-state index contributed by atoms with van der Waals surface area (Å²) >= 11 is 0. The zero-order valence-electron chi connectivity index (χ0n) is 9.48. The van der Waals surface area contributed by atoms with Crippen molar-refractivity contribution in [1.82, 2.24) is 15.2 Å². The van der Waals surface area contributed by atoms with Crippen LogP contribution in [0.1, 0.15) is 10.5 Å². The summed E-state index contributed by atoms with van der Waals surface area (Å²) in [7, 11) is 0. The van der Waals surface area contributed by atoms with E-state index in [2.05, 4.69) is 10.3 Å². The second kappa shape index (κ2) is 5.11. The molecule has 6 nitrogen and oxygen atoms in total. The van der Waals surface area contributed by atoms with Crippen LogP contribution in [0.15, 0.2) is 23.0 Å². The number of rotatable bonds is 2. The van der Waals surface area contributed by atoms with Gasteiger partial charge in [-0.05, 0) is 6.07 Å². The number of hydrogen-bond acceptors (Lipinski definition) is 4. The SMILES string of the molecule is NCC1CNCCN1C(=O)c1cccc(=O)[nH]1. The minimum Gasteiger partial charge on any atom is -0.331 e. The number of piperazine rings is 1. The number of nitrogens with zero attached hydrogens (tertiary/aromatic N) is 1. The maximum atomic E-state index is 12.2. The number of nitrogens with two attached hydrogens (primary N) is 1. The summed E-state index contributed by atoms with van der Waals surface area (Å²) in [5.41, 5.74) is 5.68. The largest absolute Gasteiger partial charge is 0.331 e. The minimum atomic E-state index is -0.268. The second-order valence-corrected chi connectivity index (χ2v) is 4.02. The lowest BCUT2D eigenvalue weighted by Gasteiger charge is -2.35. The standard InChI is InChI=1S/C11H16N4O2/c12-6-8-7-13-4-5-15(8)11(17)9-2-1-3-10(16)14-9/h1-3,8,13H,4-7,12H2,(H,14,16). The van der Waals surface area contributed by atoms with Crippen LogP contribution in [0.2, 0.25) is 0 Å². The molecule has 17 heavy (non-hydrogen) atoms. The van der Waals surface area contributed by atoms with E-state index in [9.17, 15) is 9.59 Å². The molecule has 1 aliphatic rings. The normalized spacial score (nSPS) is 20.3. The van der Waals surface area contributed by atoms with Gasteiger partial charge >= 0.3 is 0 Å². The van der Waals surface area contributed by atoms with E-state index >= 15 is 0 Å². The molecular formula is C11H16N4O2. The van der Waals surface area contributed by atoms with Gasteiger partial charge in [0, 0.05) is 32.2 Å². The van der Waals surface area contributed by atoms with Crippen molar-refractivity contribution in [2.45, 2.75) is 6.04 Å². The van der Waals surface area contributed by atoms with Gasteiger partial charge in [-0.15, -0.1) is 0 Å². The van der Waals surface area contributed by atoms with Gasteiger partial charge in [0.25, 0.3) is 5.91 Å². The third kappa shape index (κ3) is 2.54. The first-order chi connectivity index (χ1) is 8.22. The average Bonchev–Trinajstić information content (AvgIpc) is 2.38. The third-order valence-electron chi connectivity index (χ3n) is 2.88. The van der Waals surface area contributed by atoms with E-state index in [4.69, 9.17) is 5.73 Å². The Morgan fingerprint density at radius 1 is 1.53 bits per heavy atom. The predicted molar refractivity (Wildman–Crippen MR) is 63.8 cm³/mol. The number of carbonyl (C=O) groups is 1. The van der Waals surface area contributed by atoms with Gasteiger partial charge in [-0.2, -0.15) is 0 Å². The van der Waals surface area contributed by atoms with Crippen molar-refractivity contribution in [2.24, 2.45) is 5.73 Å². The van der Waals surface area contributed by atoms with Crippen LogP contribution in [-0.2, 0) is 0 Å². The number of carbonyl (C=O) groups excluding carboxylic acids is 1. The Morgan fingerprint density at radius 2 is 2.35 bits per heavy atom. The molecule has 1 saturated heterocycles. The third-order valence-corrected chi connectivity index (χ3v) is 2.88. The van der Waals surface area contributed by atoms with E-state index in [0.29, 0.717) is 25.3 Å². The molecule has 1 atom stereocenters. The minimum absolute atomic E-state index is 0.0139. The number of amides is 1. The molecule has 0 radical (unpaired) electrons. The number of aromatic amines is 1. The zero-order valence-corrected chi connectivity index (χ0v) is 9.48. The maximum Gasteiger partial charge on any atom is 0.270 e. The number of H-pyrrole nitrogens is 1. The lowest BCUT2D eigenvalue weighted by molar-refractivity contribution is 0.0638. The number of nitrogens with one attached hydrogen (secondary N) is 2. The summed E-state index contributed by atoms with van der Waals surface area (Å²) in [4.78, 5) is 27.6. The molecule has 1 aliphatic heterocycles. The zero-order chi connectivity index (χ0) is 12.3. The first kappa shape index (κ1) is 11.8. The smallest absolute Gasteiger partial charge is 0.270 e. The molecule has 1 fully saturated rings. The lowest BCUT2D eigenvalue weighted by atomic mass is 10.1. The Kier molecular flexibility index (Phi) is 3.55. The van der Waals surface area contributed by atoms with Crippen LogP contribution in [0.25, 0.3) is 0 Å². The highest BCUT2D eigenvalue weighted by Crippen LogP contribution is 2.07. The highest BCUT2D eigenvalue weighted by molar-refractivity contribution is 5.92. The van der Waals surface area contributed by atoms with Gasteiger partial charge in [-0.3, -0.25) is 9.59 Å². The van der Waals surface area contributed by atoms with Crippen molar-refractivity contribution in [3.8, 4) is 0 Å². The van der Waals surface area contributed by atoms with Gasteiger partial charge < -0.3 is 20.9 Å². The number of hydrogen-bond donors (Lipinski definition) is 3. The number of aromatic nitrogens is 1. The summed E-state index contributed by atoms with van der Waals surface area (Å²) in [6.07, 6.45) is 0. The van der Waals surface area contributed by atoms with E-state index in [1.54, 1.807) is 17.0 Å². The van der Waals surface area contributed by atoms with Crippen molar-refractivity contribution in [3.63, 3.8) is 0 Å². The van der Waals surface area contributed by atoms with Gasteiger partial charge in [0.15, 0.2) is 0 Å². The van der Waals surface area contributed by atoms with Crippen molar-refractivity contribution in [3.05, 3.63) is 34.2 Å². The summed E-state index contributed by atoms with van der Waals surface area (Å²) in [6, 6.07) is 4.56. The molecule has 0 bridgehead atoms. The monoisotopic (exact) mass is 236 g/mol. The fourth-order valence-electron chi connectivity index (χ4n) is 1.97. The Morgan fingerprint density at radius 3 is 3.06 bits per heavy atom. The van der Waals surface area contributed by atoms with Gasteiger partial charge in [-0.1, -0.05) is 6.07 Å². The van der Waals surface area contributed by atoms with Gasteiger partial charge in [0.05, 0.1) is 6.04 Å². The predicted octanol–water partition coefficient (Wildman–Crippen LogP) is -1.25. The Bertz CT molecular complexity index is 457. The molecule has 1 unspecified atom stereocenters. The molecular weight excluding hydrogens is 220 g/mol. The van der Waals surface area contributed by atoms with Crippen LogP contribution in [0.5, 0.6) is 0 Å². The van der Waals surface area contributed by atoms with E-state index in [0.717, 1.165) is 6.54 Å². The Labute approximate surface area is 98.8 Å². The quantitative estimate of drug-likeness (QED) is 0.598. The molecule has 92 valence electrons. The van der Waals surface area contributed by atoms with E-state index in [-0.39, 0.29) is 17.5 Å². The van der Waals surface area contributed by atoms with E-state index < -0.39 is 0 Å². The van der Waals surface area contributed by atoms with Crippen LogP contribution in [-0.4, -0.2) is 48.0 Å². The van der Waals surface area contributed by atoms with Crippen molar-refractivity contribution < 1.29 is 4.79 Å². The van der Waals surface area contributed by atoms with E-state index in [1.165, 1.54) is 6.07 Å². The maximum absolute atomic E-state index is 12.2. The average molecular weight is 236 g/mol. The molecule has 4 N–H and O–H groups in total. The molecule has 6 heteroatoms. The van der Waals surface area contributed by atoms with Crippen LogP contribution >= 0.6 is 0 Å². The summed E-state index contributed by atoms with van der Waals surface area (Å²) < 4.78 is 0. The van der Waals surface area contributed by atoms with Crippen LogP contribution < -0.4 is 16.6 Å². The number of pyridine rings is 1. The molecule has 0 aliphatic carbocycles. The molecule has 0 spiro atoms. The highest BCUT2D eigenvalue weighted by Gasteiger charge is 2.26. The summed E-state index contributed by atoms with van der Waals surface area (Å²) in [6.45, 7) is 2.46.